The highest BCUT2D eigenvalue weighted by Crippen LogP contribution is 2.81. The summed E-state index contributed by atoms with van der Waals surface area (Å²) in [6.45, 7) is 2.65. The van der Waals surface area contributed by atoms with Crippen molar-refractivity contribution in [2.75, 3.05) is 5.32 Å². The molecule has 3 aromatic carbocycles. The Morgan fingerprint density at radius 3 is 2.67 bits per heavy atom. The summed E-state index contributed by atoms with van der Waals surface area (Å²) < 4.78 is 0. The van der Waals surface area contributed by atoms with Crippen molar-refractivity contribution in [3.63, 3.8) is 0 Å². The van der Waals surface area contributed by atoms with Gasteiger partial charge in [-0.3, -0.25) is 15.1 Å². The van der Waals surface area contributed by atoms with Crippen molar-refractivity contribution in [2.45, 2.75) is 43.4 Å². The number of amides is 1. The van der Waals surface area contributed by atoms with Crippen LogP contribution in [-0.2, 0) is 16.8 Å². The number of aromatic nitrogens is 2. The maximum atomic E-state index is 14.1. The van der Waals surface area contributed by atoms with Gasteiger partial charge in [0.1, 0.15) is 6.23 Å². The highest BCUT2D eigenvalue weighted by Gasteiger charge is 2.78. The highest BCUT2D eigenvalue weighted by molar-refractivity contribution is 7.14. The van der Waals surface area contributed by atoms with Crippen LogP contribution in [-0.4, -0.2) is 21.0 Å². The summed E-state index contributed by atoms with van der Waals surface area (Å²) in [7, 11) is 0. The first-order chi connectivity index (χ1) is 20.5. The minimum Gasteiger partial charge on any atom is -0.374 e. The van der Waals surface area contributed by atoms with Crippen molar-refractivity contribution in [3.8, 4) is 11.3 Å². The van der Waals surface area contributed by atoms with Crippen LogP contribution >= 0.6 is 11.3 Å². The van der Waals surface area contributed by atoms with Gasteiger partial charge in [0, 0.05) is 41.2 Å². The molecule has 1 fully saturated rings. The van der Waals surface area contributed by atoms with E-state index in [2.05, 4.69) is 71.1 Å². The maximum absolute atomic E-state index is 14.1. The fraction of sp³-hybridized carbons (Fsp3) is 0.229. The molecule has 1 saturated carbocycles. The number of nitrogens with zero attached hydrogens (tertiary/aromatic N) is 2. The molecule has 5 aromatic rings. The number of thiazole rings is 1. The van der Waals surface area contributed by atoms with E-state index in [0.29, 0.717) is 17.6 Å². The second-order valence-corrected chi connectivity index (χ2v) is 12.7. The number of nitrogens with one attached hydrogen (secondary N) is 2. The standard InChI is InChI=1S/C35H30N4O2S/c1-34(17-28-24-11-2-3-12-25(24)30-26-13-4-5-14-27(26)35(28,30)34)32(41)39-33-38-29(20-42-33)22-9-6-10-23(16-22)31(40)37-19-21-8-7-15-36-18-21/h2-16,18,20,28,30-31,37,40H,17,19H2,1H3,(H,38,39,41)/t28-,30?,31?,34?,35?/m1/s1. The average Bonchev–Trinajstić information content (AvgIpc) is 3.56. The predicted molar refractivity (Wildman–Crippen MR) is 164 cm³/mol. The fourth-order valence-corrected chi connectivity index (χ4v) is 8.70. The number of rotatable bonds is 7. The van der Waals surface area contributed by atoms with Crippen LogP contribution in [0.15, 0.2) is 103 Å². The van der Waals surface area contributed by atoms with Gasteiger partial charge in [-0.15, -0.1) is 11.3 Å². The van der Waals surface area contributed by atoms with Crippen LogP contribution in [0.4, 0.5) is 5.13 Å². The minimum absolute atomic E-state index is 0.0377. The molecule has 4 unspecified atom stereocenters. The molecule has 5 atom stereocenters. The molecule has 8 rings (SSSR count). The zero-order valence-corrected chi connectivity index (χ0v) is 23.9. The van der Waals surface area contributed by atoms with Crippen LogP contribution in [0.2, 0.25) is 0 Å². The topological polar surface area (TPSA) is 87.1 Å². The number of aliphatic hydroxyl groups is 1. The van der Waals surface area contributed by atoms with Crippen LogP contribution < -0.4 is 10.6 Å². The number of fused-ring (bicyclic) bond motifs is 5. The number of benzene rings is 3. The molecule has 3 aliphatic carbocycles. The van der Waals surface area contributed by atoms with Crippen molar-refractivity contribution in [3.05, 3.63) is 136 Å². The lowest BCUT2D eigenvalue weighted by atomic mass is 9.34. The number of aliphatic hydroxyl groups excluding tert-OH is 1. The Kier molecular flexibility index (Phi) is 5.73. The number of carbonyl (C=O) groups is 1. The SMILES string of the molecule is CC1(C(=O)Nc2nc(-c3cccc(C(O)NCc4cccnc4)c3)cs2)C[C@@H]2c3ccccc3C3c4ccccc4C321. The molecule has 3 aliphatic rings. The van der Waals surface area contributed by atoms with E-state index >= 15 is 0 Å². The molecule has 2 aromatic heterocycles. The summed E-state index contributed by atoms with van der Waals surface area (Å²) in [4.78, 5) is 23.0. The molecule has 1 amide bonds. The predicted octanol–water partition coefficient (Wildman–Crippen LogP) is 6.52. The van der Waals surface area contributed by atoms with Crippen molar-refractivity contribution >= 4 is 22.4 Å². The molecule has 208 valence electrons. The average molecular weight is 571 g/mol. The second-order valence-electron chi connectivity index (χ2n) is 11.9. The number of anilines is 1. The summed E-state index contributed by atoms with van der Waals surface area (Å²) in [6.07, 6.45) is 3.50. The Bertz CT molecular complexity index is 1840. The number of hydrogen-bond acceptors (Lipinski definition) is 6. The summed E-state index contributed by atoms with van der Waals surface area (Å²) in [5, 5.41) is 19.6. The zero-order chi connectivity index (χ0) is 28.5. The van der Waals surface area contributed by atoms with Crippen LogP contribution in [0.3, 0.4) is 0 Å². The minimum atomic E-state index is -0.831. The zero-order valence-electron chi connectivity index (χ0n) is 23.1. The lowest BCUT2D eigenvalue weighted by Gasteiger charge is -2.67. The molecular weight excluding hydrogens is 540 g/mol. The summed E-state index contributed by atoms with van der Waals surface area (Å²) >= 11 is 1.43. The first kappa shape index (κ1) is 25.5. The van der Waals surface area contributed by atoms with E-state index in [1.54, 1.807) is 12.4 Å². The van der Waals surface area contributed by atoms with Gasteiger partial charge in [-0.1, -0.05) is 72.8 Å². The van der Waals surface area contributed by atoms with Crippen LogP contribution in [0, 0.1) is 5.41 Å². The second kappa shape index (κ2) is 9.42. The van der Waals surface area contributed by atoms with Crippen LogP contribution in [0.5, 0.6) is 0 Å². The van der Waals surface area contributed by atoms with Crippen molar-refractivity contribution in [2.24, 2.45) is 5.41 Å². The Hall–Kier alpha value is -4.17. The molecule has 1 spiro atoms. The molecule has 0 bridgehead atoms. The van der Waals surface area contributed by atoms with E-state index in [1.165, 1.54) is 33.6 Å². The van der Waals surface area contributed by atoms with E-state index in [-0.39, 0.29) is 17.2 Å². The molecule has 0 aliphatic heterocycles. The molecule has 0 saturated heterocycles. The van der Waals surface area contributed by atoms with Gasteiger partial charge in [0.25, 0.3) is 0 Å². The Morgan fingerprint density at radius 2 is 1.83 bits per heavy atom. The van der Waals surface area contributed by atoms with E-state index in [0.717, 1.165) is 28.8 Å². The largest absolute Gasteiger partial charge is 0.374 e. The molecule has 42 heavy (non-hydrogen) atoms. The first-order valence-corrected chi connectivity index (χ1v) is 15.2. The lowest BCUT2D eigenvalue weighted by Crippen LogP contribution is -2.68. The third-order valence-corrected chi connectivity index (χ3v) is 10.6. The van der Waals surface area contributed by atoms with E-state index in [1.807, 2.05) is 41.8 Å². The van der Waals surface area contributed by atoms with Crippen LogP contribution in [0.1, 0.15) is 64.8 Å². The monoisotopic (exact) mass is 570 g/mol. The van der Waals surface area contributed by atoms with E-state index < -0.39 is 11.6 Å². The van der Waals surface area contributed by atoms with E-state index in [4.69, 9.17) is 4.98 Å². The normalized spacial score (nSPS) is 25.2. The van der Waals surface area contributed by atoms with Crippen molar-refractivity contribution < 1.29 is 9.90 Å². The molecule has 7 heteroatoms. The number of hydrogen-bond donors (Lipinski definition) is 3. The van der Waals surface area contributed by atoms with Crippen molar-refractivity contribution in [1.29, 1.82) is 0 Å². The Balaban J connectivity index is 1.02. The number of pyridine rings is 1. The molecule has 6 nitrogen and oxygen atoms in total. The van der Waals surface area contributed by atoms with Gasteiger partial charge < -0.3 is 10.4 Å². The lowest BCUT2D eigenvalue weighted by molar-refractivity contribution is -0.143. The van der Waals surface area contributed by atoms with Gasteiger partial charge in [-0.05, 0) is 64.8 Å². The third kappa shape index (κ3) is 3.48. The van der Waals surface area contributed by atoms with Gasteiger partial charge in [0.15, 0.2) is 5.13 Å². The van der Waals surface area contributed by atoms with Crippen LogP contribution in [0.25, 0.3) is 11.3 Å². The summed E-state index contributed by atoms with van der Waals surface area (Å²) in [5.41, 5.74) is 8.13. The maximum Gasteiger partial charge on any atom is 0.233 e. The molecule has 2 heterocycles. The Labute approximate surface area is 248 Å². The molecular formula is C35H30N4O2S. The third-order valence-electron chi connectivity index (χ3n) is 9.88. The van der Waals surface area contributed by atoms with Gasteiger partial charge in [-0.25, -0.2) is 4.98 Å². The van der Waals surface area contributed by atoms with Gasteiger partial charge in [-0.2, -0.15) is 0 Å². The van der Waals surface area contributed by atoms with Crippen molar-refractivity contribution in [1.82, 2.24) is 15.3 Å². The fourth-order valence-electron chi connectivity index (χ4n) is 7.99. The Morgan fingerprint density at radius 1 is 1.02 bits per heavy atom. The summed E-state index contributed by atoms with van der Waals surface area (Å²) in [5.74, 6) is 0.653. The quantitative estimate of drug-likeness (QED) is 0.194. The molecule has 0 radical (unpaired) electrons. The molecule has 3 N–H and O–H groups in total. The highest BCUT2D eigenvalue weighted by atomic mass is 32.1. The summed E-state index contributed by atoms with van der Waals surface area (Å²) in [6, 6.07) is 29.0. The van der Waals surface area contributed by atoms with Gasteiger partial charge >= 0.3 is 0 Å². The number of carbonyl (C=O) groups excluding carboxylic acids is 1. The smallest absolute Gasteiger partial charge is 0.233 e. The van der Waals surface area contributed by atoms with Gasteiger partial charge in [0.05, 0.1) is 11.1 Å². The first-order valence-electron chi connectivity index (χ1n) is 14.4. The van der Waals surface area contributed by atoms with E-state index in [9.17, 15) is 9.90 Å². The van der Waals surface area contributed by atoms with Gasteiger partial charge in [0.2, 0.25) is 5.91 Å².